The molecule has 0 radical (unpaired) electrons. The number of hydrogen-bond donors (Lipinski definition) is 1. The van der Waals surface area contributed by atoms with Gasteiger partial charge in [-0.1, -0.05) is 32.4 Å². The van der Waals surface area contributed by atoms with E-state index in [0.717, 1.165) is 12.8 Å². The molecule has 1 spiro atoms. The summed E-state index contributed by atoms with van der Waals surface area (Å²) in [6.07, 6.45) is 6.94. The highest BCUT2D eigenvalue weighted by molar-refractivity contribution is 5.67. The Morgan fingerprint density at radius 3 is 2.65 bits per heavy atom. The van der Waals surface area contributed by atoms with Crippen LogP contribution in [0.1, 0.15) is 53.4 Å². The minimum absolute atomic E-state index is 0.130. The van der Waals surface area contributed by atoms with Gasteiger partial charge in [0, 0.05) is 11.5 Å². The van der Waals surface area contributed by atoms with Crippen LogP contribution in [0.3, 0.4) is 0 Å². The third kappa shape index (κ3) is 2.59. The Bertz CT molecular complexity index is 402. The van der Waals surface area contributed by atoms with Crippen molar-refractivity contribution in [2.45, 2.75) is 59.4 Å². The lowest BCUT2D eigenvalue weighted by atomic mass is 9.58. The molecule has 2 aliphatic rings. The lowest BCUT2D eigenvalue weighted by Crippen LogP contribution is -2.57. The smallest absolute Gasteiger partial charge is 0.407 e. The largest absolute Gasteiger partial charge is 0.453 e. The van der Waals surface area contributed by atoms with Gasteiger partial charge in [-0.3, -0.25) is 0 Å². The minimum atomic E-state index is -0.285. The van der Waals surface area contributed by atoms with Crippen LogP contribution in [0.2, 0.25) is 0 Å². The van der Waals surface area contributed by atoms with Gasteiger partial charge in [-0.2, -0.15) is 0 Å². The Morgan fingerprint density at radius 1 is 1.45 bits per heavy atom. The van der Waals surface area contributed by atoms with E-state index in [-0.39, 0.29) is 17.6 Å². The molecule has 0 bridgehead atoms. The van der Waals surface area contributed by atoms with E-state index in [0.29, 0.717) is 17.8 Å². The average Bonchev–Trinajstić information content (AvgIpc) is 2.78. The van der Waals surface area contributed by atoms with E-state index in [1.165, 1.54) is 25.5 Å². The molecule has 1 fully saturated rings. The Balaban J connectivity index is 2.35. The van der Waals surface area contributed by atoms with Gasteiger partial charge in [0.1, 0.15) is 0 Å². The number of hydrogen-bond acceptors (Lipinski definition) is 2. The van der Waals surface area contributed by atoms with Gasteiger partial charge in [0.05, 0.1) is 7.11 Å². The molecule has 0 aromatic rings. The van der Waals surface area contributed by atoms with Crippen molar-refractivity contribution >= 4 is 6.09 Å². The van der Waals surface area contributed by atoms with Gasteiger partial charge in [-0.25, -0.2) is 4.79 Å². The number of carbonyl (C=O) groups excluding carboxylic acids is 1. The number of nitrogens with one attached hydrogen (secondary N) is 1. The van der Waals surface area contributed by atoms with Crippen LogP contribution in [0.5, 0.6) is 0 Å². The number of alkyl carbamates (subject to hydrolysis) is 1. The summed E-state index contributed by atoms with van der Waals surface area (Å²) in [6.45, 7) is 9.10. The number of amides is 1. The third-order valence-electron chi connectivity index (χ3n) is 5.64. The Labute approximate surface area is 123 Å². The van der Waals surface area contributed by atoms with Crippen molar-refractivity contribution < 1.29 is 9.53 Å². The molecular formula is C17H29NO2. The zero-order valence-electron chi connectivity index (χ0n) is 13.5. The first kappa shape index (κ1) is 15.4. The SMILES string of the molecule is COC(=O)NC1C(C(C)C)CCC(C)C12C=C(C)CC2. The predicted molar refractivity (Wildman–Crippen MR) is 81.5 cm³/mol. The number of methoxy groups -OCH3 is 1. The molecule has 1 saturated carbocycles. The van der Waals surface area contributed by atoms with Crippen molar-refractivity contribution in [2.75, 3.05) is 7.11 Å². The second-order valence-corrected chi connectivity index (χ2v) is 7.10. The summed E-state index contributed by atoms with van der Waals surface area (Å²) in [5.74, 6) is 1.74. The summed E-state index contributed by atoms with van der Waals surface area (Å²) in [4.78, 5) is 11.8. The van der Waals surface area contributed by atoms with Crippen molar-refractivity contribution in [2.24, 2.45) is 23.2 Å². The van der Waals surface area contributed by atoms with E-state index < -0.39 is 0 Å². The highest BCUT2D eigenvalue weighted by atomic mass is 16.5. The molecular weight excluding hydrogens is 250 g/mol. The molecule has 3 nitrogen and oxygen atoms in total. The number of rotatable bonds is 2. The van der Waals surface area contributed by atoms with E-state index in [9.17, 15) is 4.79 Å². The van der Waals surface area contributed by atoms with Crippen LogP contribution in [0.15, 0.2) is 11.6 Å². The molecule has 0 aromatic carbocycles. The van der Waals surface area contributed by atoms with Gasteiger partial charge in [-0.05, 0) is 50.4 Å². The number of allylic oxidation sites excluding steroid dienone is 1. The van der Waals surface area contributed by atoms with Crippen LogP contribution in [0.25, 0.3) is 0 Å². The van der Waals surface area contributed by atoms with Crippen molar-refractivity contribution in [3.05, 3.63) is 11.6 Å². The summed E-state index contributed by atoms with van der Waals surface area (Å²) in [5, 5.41) is 3.18. The monoisotopic (exact) mass is 279 g/mol. The standard InChI is InChI=1S/C17H29NO2/c1-11(2)14-7-6-13(4)17(9-8-12(3)10-17)15(14)18-16(19)20-5/h10-11,13-15H,6-9H2,1-5H3,(H,18,19). The van der Waals surface area contributed by atoms with Crippen molar-refractivity contribution in [1.82, 2.24) is 5.32 Å². The molecule has 0 aliphatic heterocycles. The second-order valence-electron chi connectivity index (χ2n) is 7.10. The van der Waals surface area contributed by atoms with Crippen LogP contribution in [0.4, 0.5) is 4.79 Å². The fraction of sp³-hybridized carbons (Fsp3) is 0.824. The molecule has 2 rings (SSSR count). The molecule has 0 aromatic heterocycles. The summed E-state index contributed by atoms with van der Waals surface area (Å²) in [5.41, 5.74) is 1.60. The maximum atomic E-state index is 11.8. The number of ether oxygens (including phenoxy) is 1. The van der Waals surface area contributed by atoms with Crippen LogP contribution < -0.4 is 5.32 Å². The number of carbonyl (C=O) groups is 1. The maximum Gasteiger partial charge on any atom is 0.407 e. The van der Waals surface area contributed by atoms with E-state index >= 15 is 0 Å². The van der Waals surface area contributed by atoms with Crippen LogP contribution in [-0.4, -0.2) is 19.2 Å². The minimum Gasteiger partial charge on any atom is -0.453 e. The van der Waals surface area contributed by atoms with E-state index in [4.69, 9.17) is 4.74 Å². The maximum absolute atomic E-state index is 11.8. The highest BCUT2D eigenvalue weighted by Crippen LogP contribution is 2.53. The van der Waals surface area contributed by atoms with E-state index in [1.807, 2.05) is 0 Å². The second kappa shape index (κ2) is 5.79. The molecule has 4 unspecified atom stereocenters. The lowest BCUT2D eigenvalue weighted by Gasteiger charge is -2.50. The lowest BCUT2D eigenvalue weighted by molar-refractivity contribution is 0.0388. The quantitative estimate of drug-likeness (QED) is 0.771. The zero-order chi connectivity index (χ0) is 14.9. The summed E-state index contributed by atoms with van der Waals surface area (Å²) < 4.78 is 4.88. The summed E-state index contributed by atoms with van der Waals surface area (Å²) in [7, 11) is 1.45. The van der Waals surface area contributed by atoms with Gasteiger partial charge in [-0.15, -0.1) is 0 Å². The fourth-order valence-corrected chi connectivity index (χ4v) is 4.38. The molecule has 2 aliphatic carbocycles. The highest BCUT2D eigenvalue weighted by Gasteiger charge is 2.51. The van der Waals surface area contributed by atoms with Gasteiger partial charge in [0.25, 0.3) is 0 Å². The molecule has 1 amide bonds. The van der Waals surface area contributed by atoms with Crippen molar-refractivity contribution in [1.29, 1.82) is 0 Å². The molecule has 3 heteroatoms. The third-order valence-corrected chi connectivity index (χ3v) is 5.64. The average molecular weight is 279 g/mol. The van der Waals surface area contributed by atoms with Crippen LogP contribution >= 0.6 is 0 Å². The zero-order valence-corrected chi connectivity index (χ0v) is 13.5. The topological polar surface area (TPSA) is 38.3 Å². The van der Waals surface area contributed by atoms with Gasteiger partial charge < -0.3 is 10.1 Å². The Hall–Kier alpha value is -0.990. The molecule has 0 saturated heterocycles. The first-order valence-corrected chi connectivity index (χ1v) is 7.93. The van der Waals surface area contributed by atoms with Crippen LogP contribution in [-0.2, 0) is 4.74 Å². The normalized spacial score (nSPS) is 37.1. The van der Waals surface area contributed by atoms with Gasteiger partial charge in [0.15, 0.2) is 0 Å². The first-order chi connectivity index (χ1) is 9.40. The first-order valence-electron chi connectivity index (χ1n) is 7.93. The van der Waals surface area contributed by atoms with E-state index in [1.54, 1.807) is 0 Å². The Morgan fingerprint density at radius 2 is 2.15 bits per heavy atom. The molecule has 0 heterocycles. The summed E-state index contributed by atoms with van der Waals surface area (Å²) >= 11 is 0. The molecule has 4 atom stereocenters. The molecule has 114 valence electrons. The Kier molecular flexibility index (Phi) is 4.46. The van der Waals surface area contributed by atoms with Gasteiger partial charge in [0.2, 0.25) is 0 Å². The van der Waals surface area contributed by atoms with E-state index in [2.05, 4.69) is 39.1 Å². The predicted octanol–water partition coefficient (Wildman–Crippen LogP) is 4.14. The van der Waals surface area contributed by atoms with Crippen molar-refractivity contribution in [3.8, 4) is 0 Å². The van der Waals surface area contributed by atoms with Crippen LogP contribution in [0, 0.1) is 23.2 Å². The molecule has 1 N–H and O–H groups in total. The van der Waals surface area contributed by atoms with Crippen molar-refractivity contribution in [3.63, 3.8) is 0 Å². The molecule has 20 heavy (non-hydrogen) atoms. The van der Waals surface area contributed by atoms with Gasteiger partial charge >= 0.3 is 6.09 Å². The fourth-order valence-electron chi connectivity index (χ4n) is 4.38. The summed E-state index contributed by atoms with van der Waals surface area (Å²) in [6, 6.07) is 0.205.